The highest BCUT2D eigenvalue weighted by Gasteiger charge is 1.93. The molecular formula is C6H14ClNO. The Bertz CT molecular complexity index is 59.0. The summed E-state index contributed by atoms with van der Waals surface area (Å²) in [4.78, 5) is 2.53. The molecule has 0 saturated heterocycles. The lowest BCUT2D eigenvalue weighted by molar-refractivity contribution is 0.181. The first-order valence-electron chi connectivity index (χ1n) is 3.29. The van der Waals surface area contributed by atoms with Crippen LogP contribution in [0, 0.1) is 0 Å². The second-order valence-corrected chi connectivity index (χ2v) is 2.50. The van der Waals surface area contributed by atoms with Crippen molar-refractivity contribution in [3.8, 4) is 0 Å². The molecule has 0 aromatic rings. The fourth-order valence-corrected chi connectivity index (χ4v) is 0.765. The van der Waals surface area contributed by atoms with Crippen LogP contribution in [0.2, 0.25) is 0 Å². The predicted octanol–water partition coefficient (Wildman–Crippen LogP) is 1.28. The van der Waals surface area contributed by atoms with Gasteiger partial charge in [-0.1, -0.05) is 0 Å². The summed E-state index contributed by atoms with van der Waals surface area (Å²) in [6, 6.07) is 0. The molecule has 2 nitrogen and oxygen atoms in total. The number of aliphatic hydroxyl groups excluding tert-OH is 1. The van der Waals surface area contributed by atoms with Gasteiger partial charge in [-0.05, 0) is 38.0 Å². The van der Waals surface area contributed by atoms with E-state index in [1.165, 1.54) is 0 Å². The van der Waals surface area contributed by atoms with Gasteiger partial charge in [0.25, 0.3) is 0 Å². The number of unbranched alkanes of at least 4 members (excludes halogenated alkanes) is 1. The Morgan fingerprint density at radius 2 is 2.22 bits per heavy atom. The minimum Gasteiger partial charge on any atom is -0.393 e. The fraction of sp³-hybridized carbons (Fsp3) is 1.00. The fourth-order valence-electron chi connectivity index (χ4n) is 0.632. The Balaban J connectivity index is 2.75. The Morgan fingerprint density at radius 3 is 2.67 bits per heavy atom. The third-order valence-corrected chi connectivity index (χ3v) is 1.33. The van der Waals surface area contributed by atoms with Gasteiger partial charge in [0.15, 0.2) is 0 Å². The van der Waals surface area contributed by atoms with Crippen molar-refractivity contribution in [3.63, 3.8) is 0 Å². The Morgan fingerprint density at radius 1 is 1.56 bits per heavy atom. The van der Waals surface area contributed by atoms with E-state index in [1.54, 1.807) is 6.92 Å². The van der Waals surface area contributed by atoms with E-state index < -0.39 is 0 Å². The van der Waals surface area contributed by atoms with Crippen LogP contribution >= 0.6 is 11.8 Å². The predicted molar refractivity (Wildman–Crippen MR) is 39.4 cm³/mol. The van der Waals surface area contributed by atoms with Crippen LogP contribution < -0.4 is 4.84 Å². The summed E-state index contributed by atoms with van der Waals surface area (Å²) in [6.07, 6.45) is 2.78. The highest BCUT2D eigenvalue weighted by atomic mass is 35.5. The smallest absolute Gasteiger partial charge is 0.0512 e. The van der Waals surface area contributed by atoms with Gasteiger partial charge in [-0.3, -0.25) is 0 Å². The molecule has 2 N–H and O–H groups in total. The number of rotatable bonds is 5. The SMILES string of the molecule is C[C@@H](O)CCCCNCl. The molecule has 0 aliphatic rings. The molecule has 0 amide bonds. The third-order valence-electron chi connectivity index (χ3n) is 1.14. The van der Waals surface area contributed by atoms with E-state index in [-0.39, 0.29) is 6.10 Å². The van der Waals surface area contributed by atoms with E-state index in [0.717, 1.165) is 25.8 Å². The van der Waals surface area contributed by atoms with Crippen molar-refractivity contribution in [1.82, 2.24) is 4.84 Å². The molecule has 56 valence electrons. The maximum atomic E-state index is 8.80. The van der Waals surface area contributed by atoms with Crippen LogP contribution in [0.3, 0.4) is 0 Å². The Kier molecular flexibility index (Phi) is 6.48. The van der Waals surface area contributed by atoms with Crippen LogP contribution in [0.5, 0.6) is 0 Å². The highest BCUT2D eigenvalue weighted by molar-refractivity contribution is 6.13. The van der Waals surface area contributed by atoms with Gasteiger partial charge >= 0.3 is 0 Å². The van der Waals surface area contributed by atoms with Crippen LogP contribution in [0.15, 0.2) is 0 Å². The second kappa shape index (κ2) is 6.33. The summed E-state index contributed by atoms with van der Waals surface area (Å²) in [6.45, 7) is 2.63. The summed E-state index contributed by atoms with van der Waals surface area (Å²) in [5.41, 5.74) is 0. The normalized spacial score (nSPS) is 13.7. The zero-order valence-electron chi connectivity index (χ0n) is 5.73. The molecule has 0 rings (SSSR count). The highest BCUT2D eigenvalue weighted by Crippen LogP contribution is 1.98. The second-order valence-electron chi connectivity index (χ2n) is 2.23. The van der Waals surface area contributed by atoms with Crippen molar-refractivity contribution in [2.24, 2.45) is 0 Å². The standard InChI is InChI=1S/C6H14ClNO/c1-6(9)4-2-3-5-8-7/h6,8-9H,2-5H2,1H3/t6-/m1/s1. The summed E-state index contributed by atoms with van der Waals surface area (Å²) >= 11 is 5.20. The van der Waals surface area contributed by atoms with E-state index in [9.17, 15) is 0 Å². The minimum atomic E-state index is -0.166. The zero-order valence-corrected chi connectivity index (χ0v) is 6.49. The van der Waals surface area contributed by atoms with E-state index in [2.05, 4.69) is 4.84 Å². The first kappa shape index (κ1) is 9.21. The average molecular weight is 152 g/mol. The number of nitrogens with one attached hydrogen (secondary N) is 1. The first-order valence-corrected chi connectivity index (χ1v) is 3.66. The van der Waals surface area contributed by atoms with Gasteiger partial charge in [0, 0.05) is 6.54 Å². The van der Waals surface area contributed by atoms with Crippen LogP contribution in [0.25, 0.3) is 0 Å². The van der Waals surface area contributed by atoms with Gasteiger partial charge in [-0.15, -0.1) is 0 Å². The number of hydrogen-bond acceptors (Lipinski definition) is 2. The van der Waals surface area contributed by atoms with Gasteiger partial charge in [-0.25, -0.2) is 4.84 Å². The van der Waals surface area contributed by atoms with Crippen LogP contribution in [-0.2, 0) is 0 Å². The Labute approximate surface area is 61.3 Å². The lowest BCUT2D eigenvalue weighted by Crippen LogP contribution is -2.03. The monoisotopic (exact) mass is 151 g/mol. The van der Waals surface area contributed by atoms with Gasteiger partial charge in [0.2, 0.25) is 0 Å². The van der Waals surface area contributed by atoms with Gasteiger partial charge in [0.1, 0.15) is 0 Å². The lowest BCUT2D eigenvalue weighted by Gasteiger charge is -2.01. The van der Waals surface area contributed by atoms with E-state index >= 15 is 0 Å². The number of halogens is 1. The largest absolute Gasteiger partial charge is 0.393 e. The summed E-state index contributed by atoms with van der Waals surface area (Å²) < 4.78 is 0. The van der Waals surface area contributed by atoms with E-state index in [0.29, 0.717) is 0 Å². The molecule has 0 aromatic carbocycles. The third kappa shape index (κ3) is 8.21. The average Bonchev–Trinajstić information content (AvgIpc) is 1.80. The zero-order chi connectivity index (χ0) is 7.11. The minimum absolute atomic E-state index is 0.166. The molecule has 0 aliphatic heterocycles. The maximum Gasteiger partial charge on any atom is 0.0512 e. The van der Waals surface area contributed by atoms with Crippen LogP contribution in [-0.4, -0.2) is 17.8 Å². The molecule has 0 aliphatic carbocycles. The molecular weight excluding hydrogens is 138 g/mol. The molecule has 9 heavy (non-hydrogen) atoms. The molecule has 0 saturated carbocycles. The van der Waals surface area contributed by atoms with Crippen molar-refractivity contribution < 1.29 is 5.11 Å². The molecule has 3 heteroatoms. The van der Waals surface area contributed by atoms with Crippen molar-refractivity contribution in [2.75, 3.05) is 6.54 Å². The molecule has 0 radical (unpaired) electrons. The quantitative estimate of drug-likeness (QED) is 0.459. The van der Waals surface area contributed by atoms with Gasteiger partial charge in [0.05, 0.1) is 6.10 Å². The Hall–Kier alpha value is 0.210. The molecule has 0 bridgehead atoms. The lowest BCUT2D eigenvalue weighted by atomic mass is 10.2. The maximum absolute atomic E-state index is 8.80. The number of aliphatic hydroxyl groups is 1. The molecule has 0 fully saturated rings. The van der Waals surface area contributed by atoms with Gasteiger partial charge in [-0.2, -0.15) is 0 Å². The van der Waals surface area contributed by atoms with Gasteiger partial charge < -0.3 is 5.11 Å². The molecule has 0 spiro atoms. The van der Waals surface area contributed by atoms with Crippen molar-refractivity contribution in [1.29, 1.82) is 0 Å². The summed E-state index contributed by atoms with van der Waals surface area (Å²) in [5, 5.41) is 8.80. The summed E-state index contributed by atoms with van der Waals surface area (Å²) in [5.74, 6) is 0. The van der Waals surface area contributed by atoms with Crippen LogP contribution in [0.1, 0.15) is 26.2 Å². The van der Waals surface area contributed by atoms with Crippen molar-refractivity contribution in [2.45, 2.75) is 32.3 Å². The van der Waals surface area contributed by atoms with Crippen LogP contribution in [0.4, 0.5) is 0 Å². The first-order chi connectivity index (χ1) is 4.27. The summed E-state index contributed by atoms with van der Waals surface area (Å²) in [7, 11) is 0. The molecule has 1 atom stereocenters. The number of hydrogen-bond donors (Lipinski definition) is 2. The molecule has 0 aromatic heterocycles. The van der Waals surface area contributed by atoms with Crippen molar-refractivity contribution in [3.05, 3.63) is 0 Å². The molecule has 0 unspecified atom stereocenters. The molecule has 0 heterocycles. The van der Waals surface area contributed by atoms with E-state index in [1.807, 2.05) is 0 Å². The van der Waals surface area contributed by atoms with Crippen molar-refractivity contribution >= 4 is 11.8 Å². The topological polar surface area (TPSA) is 32.3 Å². The van der Waals surface area contributed by atoms with E-state index in [4.69, 9.17) is 16.9 Å².